The predicted molar refractivity (Wildman–Crippen MR) is 62.9 cm³/mol. The van der Waals surface area contributed by atoms with Gasteiger partial charge in [-0.05, 0) is 5.54 Å². The van der Waals surface area contributed by atoms with Gasteiger partial charge in [0.05, 0.1) is 14.7 Å². The van der Waals surface area contributed by atoms with Crippen molar-refractivity contribution in [1.29, 1.82) is 0 Å². The number of rotatable bonds is 6. The normalized spacial score (nSPS) is 15.9. The molecule has 0 aromatic heterocycles. The summed E-state index contributed by atoms with van der Waals surface area (Å²) in [5.74, 6) is 0. The fourth-order valence-electron chi connectivity index (χ4n) is 1.35. The van der Waals surface area contributed by atoms with Gasteiger partial charge in [0.25, 0.3) is 0 Å². The van der Waals surface area contributed by atoms with Crippen molar-refractivity contribution in [3.05, 3.63) is 0 Å². The van der Waals surface area contributed by atoms with E-state index in [9.17, 15) is 21.6 Å². The lowest BCUT2D eigenvalue weighted by Gasteiger charge is -2.28. The SMILES string of the molecule is CCCC(COS(=O)(=O)C(F)(F)F)[Si](C)(C)C. The number of hydrogen-bond acceptors (Lipinski definition) is 3. The van der Waals surface area contributed by atoms with Crippen molar-refractivity contribution in [2.24, 2.45) is 0 Å². The van der Waals surface area contributed by atoms with E-state index in [-0.39, 0.29) is 12.1 Å². The second-order valence-corrected chi connectivity index (χ2v) is 12.2. The molecular formula is C9H19F3O3SSi. The Kier molecular flexibility index (Phi) is 5.68. The highest BCUT2D eigenvalue weighted by atomic mass is 32.2. The summed E-state index contributed by atoms with van der Waals surface area (Å²) in [6.07, 6.45) is 1.48. The highest BCUT2D eigenvalue weighted by molar-refractivity contribution is 7.87. The molecule has 0 aliphatic carbocycles. The summed E-state index contributed by atoms with van der Waals surface area (Å²) in [7, 11) is -7.17. The summed E-state index contributed by atoms with van der Waals surface area (Å²) in [6, 6.07) is 0. The Hall–Kier alpha value is -0.0831. The third-order valence-corrected chi connectivity index (χ3v) is 6.49. The highest BCUT2D eigenvalue weighted by Gasteiger charge is 2.47. The molecule has 8 heteroatoms. The van der Waals surface area contributed by atoms with Gasteiger partial charge in [0.15, 0.2) is 0 Å². The molecule has 1 unspecified atom stereocenters. The Bertz CT molecular complexity index is 332. The van der Waals surface area contributed by atoms with Gasteiger partial charge >= 0.3 is 15.6 Å². The molecule has 0 saturated heterocycles. The van der Waals surface area contributed by atoms with E-state index < -0.39 is 23.7 Å². The van der Waals surface area contributed by atoms with Crippen LogP contribution in [0.25, 0.3) is 0 Å². The number of halogens is 3. The molecule has 0 aromatic rings. The standard InChI is InChI=1S/C9H19F3O3SSi/c1-5-6-8(17(2,3)4)7-15-16(13,14)9(10,11)12/h8H,5-7H2,1-4H3. The molecule has 0 aliphatic heterocycles. The Morgan fingerprint density at radius 2 is 1.71 bits per heavy atom. The molecule has 0 saturated carbocycles. The quantitative estimate of drug-likeness (QED) is 0.428. The molecule has 0 radical (unpaired) electrons. The minimum Gasteiger partial charge on any atom is -0.263 e. The van der Waals surface area contributed by atoms with Crippen LogP contribution >= 0.6 is 0 Å². The zero-order valence-electron chi connectivity index (χ0n) is 10.5. The molecule has 0 heterocycles. The van der Waals surface area contributed by atoms with E-state index >= 15 is 0 Å². The van der Waals surface area contributed by atoms with E-state index in [1.165, 1.54) is 0 Å². The van der Waals surface area contributed by atoms with Crippen LogP contribution in [0.2, 0.25) is 25.2 Å². The molecule has 0 fully saturated rings. The second kappa shape index (κ2) is 5.70. The smallest absolute Gasteiger partial charge is 0.263 e. The molecule has 1 atom stereocenters. The fourth-order valence-corrected chi connectivity index (χ4v) is 3.69. The molecule has 0 aromatic carbocycles. The van der Waals surface area contributed by atoms with Gasteiger partial charge in [-0.15, -0.1) is 0 Å². The molecule has 0 N–H and O–H groups in total. The lowest BCUT2D eigenvalue weighted by Crippen LogP contribution is -2.34. The first-order chi connectivity index (χ1) is 7.42. The molecule has 0 amide bonds. The van der Waals surface area contributed by atoms with Crippen molar-refractivity contribution in [3.8, 4) is 0 Å². The van der Waals surface area contributed by atoms with E-state index in [1.54, 1.807) is 0 Å². The van der Waals surface area contributed by atoms with E-state index in [4.69, 9.17) is 0 Å². The summed E-state index contributed by atoms with van der Waals surface area (Å²) in [4.78, 5) is 0. The first-order valence-corrected chi connectivity index (χ1v) is 10.4. The summed E-state index contributed by atoms with van der Waals surface area (Å²) in [6.45, 7) is 7.49. The average molecular weight is 292 g/mol. The number of hydrogen-bond donors (Lipinski definition) is 0. The summed E-state index contributed by atoms with van der Waals surface area (Å²) in [5.41, 5.74) is -5.42. The third kappa shape index (κ3) is 5.39. The largest absolute Gasteiger partial charge is 0.523 e. The minimum atomic E-state index is -5.45. The molecule has 0 aliphatic rings. The van der Waals surface area contributed by atoms with Crippen LogP contribution in [0.3, 0.4) is 0 Å². The van der Waals surface area contributed by atoms with E-state index in [0.29, 0.717) is 6.42 Å². The third-order valence-electron chi connectivity index (χ3n) is 2.57. The van der Waals surface area contributed by atoms with Crippen LogP contribution in [0.4, 0.5) is 13.2 Å². The first-order valence-electron chi connectivity index (χ1n) is 5.37. The van der Waals surface area contributed by atoms with Gasteiger partial charge in [-0.25, -0.2) is 0 Å². The van der Waals surface area contributed by atoms with Crippen molar-refractivity contribution in [2.75, 3.05) is 6.61 Å². The van der Waals surface area contributed by atoms with Crippen molar-refractivity contribution in [2.45, 2.75) is 50.5 Å². The molecule has 17 heavy (non-hydrogen) atoms. The van der Waals surface area contributed by atoms with Crippen molar-refractivity contribution in [1.82, 2.24) is 0 Å². The van der Waals surface area contributed by atoms with Gasteiger partial charge in [0.1, 0.15) is 0 Å². The van der Waals surface area contributed by atoms with Gasteiger partial charge in [-0.1, -0.05) is 39.4 Å². The van der Waals surface area contributed by atoms with E-state index in [0.717, 1.165) is 6.42 Å². The Morgan fingerprint density at radius 3 is 2.00 bits per heavy atom. The van der Waals surface area contributed by atoms with Gasteiger partial charge in [0.2, 0.25) is 0 Å². The summed E-state index contributed by atoms with van der Waals surface area (Å²) < 4.78 is 61.8. The maximum absolute atomic E-state index is 12.1. The van der Waals surface area contributed by atoms with E-state index in [2.05, 4.69) is 4.18 Å². The molecule has 0 rings (SSSR count). The summed E-state index contributed by atoms with van der Waals surface area (Å²) in [5, 5.41) is 0. The lowest BCUT2D eigenvalue weighted by molar-refractivity contribution is -0.0543. The maximum atomic E-state index is 12.1. The van der Waals surface area contributed by atoms with Gasteiger partial charge in [0, 0.05) is 0 Å². The van der Waals surface area contributed by atoms with Crippen LogP contribution in [-0.2, 0) is 14.3 Å². The van der Waals surface area contributed by atoms with Crippen LogP contribution in [-0.4, -0.2) is 28.6 Å². The molecule has 104 valence electrons. The van der Waals surface area contributed by atoms with E-state index in [1.807, 2.05) is 26.6 Å². The van der Waals surface area contributed by atoms with Crippen molar-refractivity contribution < 1.29 is 25.8 Å². The molecule has 0 bridgehead atoms. The van der Waals surface area contributed by atoms with Crippen LogP contribution in [0.1, 0.15) is 19.8 Å². The number of alkyl halides is 3. The monoisotopic (exact) mass is 292 g/mol. The average Bonchev–Trinajstić information content (AvgIpc) is 2.08. The zero-order chi connectivity index (χ0) is 13.9. The Balaban J connectivity index is 4.64. The minimum absolute atomic E-state index is 0.0929. The van der Waals surface area contributed by atoms with Crippen molar-refractivity contribution in [3.63, 3.8) is 0 Å². The fraction of sp³-hybridized carbons (Fsp3) is 1.00. The second-order valence-electron chi connectivity index (χ2n) is 5.04. The van der Waals surface area contributed by atoms with Crippen LogP contribution in [0.5, 0.6) is 0 Å². The Labute approximate surface area is 101 Å². The van der Waals surface area contributed by atoms with Crippen molar-refractivity contribution >= 4 is 18.2 Å². The van der Waals surface area contributed by atoms with Gasteiger partial charge in [-0.2, -0.15) is 21.6 Å². The summed E-state index contributed by atoms with van der Waals surface area (Å²) >= 11 is 0. The topological polar surface area (TPSA) is 43.4 Å². The van der Waals surface area contributed by atoms with Crippen LogP contribution < -0.4 is 0 Å². The molecule has 0 spiro atoms. The predicted octanol–water partition coefficient (Wildman–Crippen LogP) is 3.36. The van der Waals surface area contributed by atoms with Crippen LogP contribution in [0, 0.1) is 0 Å². The van der Waals surface area contributed by atoms with Crippen LogP contribution in [0.15, 0.2) is 0 Å². The lowest BCUT2D eigenvalue weighted by atomic mass is 10.2. The molecule has 3 nitrogen and oxygen atoms in total. The zero-order valence-corrected chi connectivity index (χ0v) is 12.3. The maximum Gasteiger partial charge on any atom is 0.523 e. The molecular weight excluding hydrogens is 273 g/mol. The van der Waals surface area contributed by atoms with Gasteiger partial charge in [-0.3, -0.25) is 4.18 Å². The first kappa shape index (κ1) is 16.9. The Morgan fingerprint density at radius 1 is 1.24 bits per heavy atom. The van der Waals surface area contributed by atoms with Gasteiger partial charge < -0.3 is 0 Å². The highest BCUT2D eigenvalue weighted by Crippen LogP contribution is 2.30.